The van der Waals surface area contributed by atoms with E-state index in [1.54, 1.807) is 6.92 Å². The van der Waals surface area contributed by atoms with E-state index in [1.165, 1.54) is 16.8 Å². The van der Waals surface area contributed by atoms with E-state index in [0.29, 0.717) is 6.54 Å². The molecule has 1 N–H and O–H groups in total. The van der Waals surface area contributed by atoms with Gasteiger partial charge in [-0.3, -0.25) is 9.58 Å². The van der Waals surface area contributed by atoms with Crippen molar-refractivity contribution >= 4 is 10.0 Å². The highest BCUT2D eigenvalue weighted by molar-refractivity contribution is 7.89. The second-order valence-corrected chi connectivity index (χ2v) is 8.70. The summed E-state index contributed by atoms with van der Waals surface area (Å²) in [5, 5.41) is 4.45. The molecule has 1 aromatic heterocycles. The summed E-state index contributed by atoms with van der Waals surface area (Å²) >= 11 is 0. The quantitative estimate of drug-likeness (QED) is 0.819. The Morgan fingerprint density at radius 3 is 2.84 bits per heavy atom. The lowest BCUT2D eigenvalue weighted by molar-refractivity contribution is 0.162. The molecule has 1 aliphatic heterocycles. The molecule has 2 aromatic rings. The Morgan fingerprint density at radius 2 is 2.08 bits per heavy atom. The summed E-state index contributed by atoms with van der Waals surface area (Å²) in [6, 6.07) is 10.7. The molecule has 1 aliphatic rings. The number of nitrogens with one attached hydrogen (secondary N) is 1. The van der Waals surface area contributed by atoms with Crippen LogP contribution in [0.3, 0.4) is 0 Å². The van der Waals surface area contributed by atoms with E-state index in [-0.39, 0.29) is 11.8 Å². The molecule has 0 radical (unpaired) electrons. The van der Waals surface area contributed by atoms with Gasteiger partial charge < -0.3 is 0 Å². The fraction of sp³-hybridized carbons (Fsp3) is 0.500. The molecule has 1 aromatic carbocycles. The Morgan fingerprint density at radius 1 is 1.28 bits per heavy atom. The van der Waals surface area contributed by atoms with Gasteiger partial charge in [-0.2, -0.15) is 5.10 Å². The molecule has 0 aliphatic carbocycles. The van der Waals surface area contributed by atoms with Crippen LogP contribution in [0.5, 0.6) is 0 Å². The van der Waals surface area contributed by atoms with Gasteiger partial charge in [0.2, 0.25) is 10.0 Å². The Balaban J connectivity index is 1.68. The predicted molar refractivity (Wildman–Crippen MR) is 98.6 cm³/mol. The third-order valence-electron chi connectivity index (χ3n) is 4.79. The van der Waals surface area contributed by atoms with E-state index in [1.807, 2.05) is 12.3 Å². The van der Waals surface area contributed by atoms with E-state index in [9.17, 15) is 8.42 Å². The molecule has 1 atom stereocenters. The molecule has 25 heavy (non-hydrogen) atoms. The number of aromatic nitrogens is 2. The molecule has 136 valence electrons. The number of benzene rings is 1. The third kappa shape index (κ3) is 4.48. The van der Waals surface area contributed by atoms with Crippen molar-refractivity contribution in [1.29, 1.82) is 0 Å². The van der Waals surface area contributed by atoms with Crippen molar-refractivity contribution in [2.75, 3.05) is 18.8 Å². The zero-order chi connectivity index (χ0) is 17.9. The first-order valence-electron chi connectivity index (χ1n) is 8.75. The highest BCUT2D eigenvalue weighted by atomic mass is 32.2. The summed E-state index contributed by atoms with van der Waals surface area (Å²) in [6.07, 6.45) is 2.56. The number of fused-ring (bicyclic) bond motifs is 1. The van der Waals surface area contributed by atoms with Gasteiger partial charge in [0, 0.05) is 32.4 Å². The summed E-state index contributed by atoms with van der Waals surface area (Å²) in [5.74, 6) is 0.115. The molecule has 0 bridgehead atoms. The average Bonchev–Trinajstić information content (AvgIpc) is 3.05. The van der Waals surface area contributed by atoms with Crippen LogP contribution < -0.4 is 4.72 Å². The second kappa shape index (κ2) is 7.68. The Labute approximate surface area is 149 Å². The first kappa shape index (κ1) is 18.1. The highest BCUT2D eigenvalue weighted by Crippen LogP contribution is 2.24. The summed E-state index contributed by atoms with van der Waals surface area (Å²) in [4.78, 5) is 2.42. The molecular weight excluding hydrogens is 336 g/mol. The third-order valence-corrected chi connectivity index (χ3v) is 6.19. The minimum atomic E-state index is -3.15. The molecule has 0 fully saturated rings. The number of rotatable bonds is 7. The van der Waals surface area contributed by atoms with Crippen LogP contribution in [-0.2, 0) is 23.1 Å². The first-order valence-corrected chi connectivity index (χ1v) is 10.4. The molecule has 0 saturated carbocycles. The molecule has 0 unspecified atom stereocenters. The zero-order valence-electron chi connectivity index (χ0n) is 14.9. The van der Waals surface area contributed by atoms with Gasteiger partial charge in [-0.25, -0.2) is 13.1 Å². The van der Waals surface area contributed by atoms with Gasteiger partial charge in [-0.15, -0.1) is 0 Å². The molecule has 0 saturated heterocycles. The summed E-state index contributed by atoms with van der Waals surface area (Å²) in [5.41, 5.74) is 3.82. The summed E-state index contributed by atoms with van der Waals surface area (Å²) in [6.45, 7) is 6.87. The van der Waals surface area contributed by atoms with E-state index in [0.717, 1.165) is 26.1 Å². The van der Waals surface area contributed by atoms with Crippen molar-refractivity contribution in [3.8, 4) is 0 Å². The number of sulfonamides is 1. The van der Waals surface area contributed by atoms with Crippen LogP contribution in [0.15, 0.2) is 36.5 Å². The normalized spacial score (nSPS) is 18.2. The van der Waals surface area contributed by atoms with Crippen molar-refractivity contribution in [3.63, 3.8) is 0 Å². The molecule has 0 spiro atoms. The van der Waals surface area contributed by atoms with Gasteiger partial charge in [0.1, 0.15) is 0 Å². The van der Waals surface area contributed by atoms with Gasteiger partial charge in [0.25, 0.3) is 0 Å². The lowest BCUT2D eigenvalue weighted by atomic mass is 10.1. The zero-order valence-corrected chi connectivity index (χ0v) is 15.7. The maximum absolute atomic E-state index is 11.6. The smallest absolute Gasteiger partial charge is 0.211 e. The van der Waals surface area contributed by atoms with Crippen molar-refractivity contribution in [1.82, 2.24) is 19.4 Å². The van der Waals surface area contributed by atoms with Gasteiger partial charge >= 0.3 is 0 Å². The molecule has 2 heterocycles. The fourth-order valence-corrected chi connectivity index (χ4v) is 3.94. The van der Waals surface area contributed by atoms with Gasteiger partial charge in [0.15, 0.2) is 0 Å². The van der Waals surface area contributed by atoms with Gasteiger partial charge in [-0.05, 0) is 37.5 Å². The lowest BCUT2D eigenvalue weighted by Gasteiger charge is -2.34. The molecule has 7 heteroatoms. The summed E-state index contributed by atoms with van der Waals surface area (Å²) < 4.78 is 28.0. The van der Waals surface area contributed by atoms with Crippen molar-refractivity contribution in [3.05, 3.63) is 53.3 Å². The number of hydrogen-bond donors (Lipinski definition) is 1. The van der Waals surface area contributed by atoms with E-state index >= 15 is 0 Å². The Hall–Kier alpha value is -1.70. The molecule has 3 rings (SSSR count). The van der Waals surface area contributed by atoms with Crippen LogP contribution >= 0.6 is 0 Å². The molecular formula is C18H26N4O2S. The highest BCUT2D eigenvalue weighted by Gasteiger charge is 2.25. The van der Waals surface area contributed by atoms with Crippen molar-refractivity contribution in [2.24, 2.45) is 0 Å². The number of nitrogens with zero attached hydrogens (tertiary/aromatic N) is 3. The first-order chi connectivity index (χ1) is 12.0. The largest absolute Gasteiger partial charge is 0.291 e. The van der Waals surface area contributed by atoms with Crippen LogP contribution in [-0.4, -0.2) is 41.9 Å². The van der Waals surface area contributed by atoms with Crippen molar-refractivity contribution in [2.45, 2.75) is 39.4 Å². The van der Waals surface area contributed by atoms with Crippen LogP contribution in [0.25, 0.3) is 0 Å². The fourth-order valence-electron chi connectivity index (χ4n) is 3.31. The van der Waals surface area contributed by atoms with Crippen LogP contribution in [0, 0.1) is 6.92 Å². The maximum Gasteiger partial charge on any atom is 0.211 e. The van der Waals surface area contributed by atoms with Crippen LogP contribution in [0.1, 0.15) is 36.2 Å². The monoisotopic (exact) mass is 362 g/mol. The average molecular weight is 362 g/mol. The van der Waals surface area contributed by atoms with E-state index in [2.05, 4.69) is 50.6 Å². The van der Waals surface area contributed by atoms with Gasteiger partial charge in [-0.1, -0.05) is 24.3 Å². The Bertz CT molecular complexity index is 816. The molecule has 0 amide bonds. The van der Waals surface area contributed by atoms with E-state index < -0.39 is 10.0 Å². The van der Waals surface area contributed by atoms with Crippen molar-refractivity contribution < 1.29 is 8.42 Å². The predicted octanol–water partition coefficient (Wildman–Crippen LogP) is 2.08. The lowest BCUT2D eigenvalue weighted by Crippen LogP contribution is -2.39. The number of aryl methyl sites for hydroxylation is 1. The van der Waals surface area contributed by atoms with E-state index in [4.69, 9.17) is 0 Å². The maximum atomic E-state index is 11.6. The molecule has 6 nitrogen and oxygen atoms in total. The van der Waals surface area contributed by atoms with Gasteiger partial charge in [0.05, 0.1) is 17.5 Å². The minimum absolute atomic E-state index is 0.115. The Kier molecular flexibility index (Phi) is 5.56. The minimum Gasteiger partial charge on any atom is -0.291 e. The van der Waals surface area contributed by atoms with Crippen LogP contribution in [0.4, 0.5) is 0 Å². The number of hydrogen-bond acceptors (Lipinski definition) is 4. The topological polar surface area (TPSA) is 67.2 Å². The summed E-state index contributed by atoms with van der Waals surface area (Å²) in [7, 11) is -3.15. The SMILES string of the molecule is CCS(=O)(=O)NCC[C@H]1CN(Cc2ccccc2C)Cc2ccnn21. The second-order valence-electron chi connectivity index (χ2n) is 6.60. The standard InChI is InChI=1S/C18H26N4O2S/c1-3-25(23,24)20-11-9-18-14-21(13-17-8-10-19-22(17)18)12-16-7-5-4-6-15(16)2/h4-8,10,18,20H,3,9,11-14H2,1-2H3/t18-/m0/s1. The van der Waals surface area contributed by atoms with Crippen LogP contribution in [0.2, 0.25) is 0 Å².